The summed E-state index contributed by atoms with van der Waals surface area (Å²) in [5.74, 6) is -2.50. The number of thioether (sulfide) groups is 1. The third-order valence-electron chi connectivity index (χ3n) is 8.87. The first kappa shape index (κ1) is 43.5. The molecule has 280 valence electrons. The normalized spacial score (nSPS) is 13.4. The third-order valence-corrected chi connectivity index (χ3v) is 9.56. The number of benzene rings is 2. The second kappa shape index (κ2) is 24.5. The number of nitrogens with two attached hydrogens (primary N) is 2. The first-order chi connectivity index (χ1) is 24.5. The number of amides is 2. The van der Waals surface area contributed by atoms with E-state index in [0.29, 0.717) is 63.7 Å². The SMILES string of the molecule is CCC(=O)CC(CCCCCC(=O)C(N)CSC)C(=O)NN[C@@H](Cc1ccccc1)C(=O)N[C@@H](CCCCN)C(=O)C(=O)c1ccc(CC)cc1. The number of aryl methyl sites for hydroxylation is 1. The highest BCUT2D eigenvalue weighted by molar-refractivity contribution is 7.98. The molecule has 4 atom stereocenters. The van der Waals surface area contributed by atoms with Crippen LogP contribution in [0.25, 0.3) is 0 Å². The molecule has 0 radical (unpaired) electrons. The van der Waals surface area contributed by atoms with Crippen LogP contribution in [0.4, 0.5) is 0 Å². The molecular formula is C39H57N5O6S. The lowest BCUT2D eigenvalue weighted by atomic mass is 9.93. The van der Waals surface area contributed by atoms with Gasteiger partial charge in [-0.2, -0.15) is 11.8 Å². The number of Topliss-reactive ketones (excluding diaryl/α,β-unsaturated/α-hetero) is 4. The van der Waals surface area contributed by atoms with E-state index in [4.69, 9.17) is 11.5 Å². The molecule has 51 heavy (non-hydrogen) atoms. The summed E-state index contributed by atoms with van der Waals surface area (Å²) in [5.41, 5.74) is 19.2. The number of hydrogen-bond donors (Lipinski definition) is 5. The molecular weight excluding hydrogens is 667 g/mol. The van der Waals surface area contributed by atoms with E-state index in [1.54, 1.807) is 31.2 Å². The Morgan fingerprint density at radius 1 is 0.784 bits per heavy atom. The topological polar surface area (TPSA) is 191 Å². The molecule has 2 unspecified atom stereocenters. The number of nitrogens with one attached hydrogen (secondary N) is 3. The Hall–Kier alpha value is -3.71. The summed E-state index contributed by atoms with van der Waals surface area (Å²) in [4.78, 5) is 78.7. The fourth-order valence-corrected chi connectivity index (χ4v) is 6.16. The van der Waals surface area contributed by atoms with Crippen LogP contribution in [-0.2, 0) is 36.8 Å². The Labute approximate surface area is 307 Å². The van der Waals surface area contributed by atoms with Gasteiger partial charge in [-0.3, -0.25) is 34.2 Å². The monoisotopic (exact) mass is 723 g/mol. The molecule has 2 rings (SSSR count). The lowest BCUT2D eigenvalue weighted by Gasteiger charge is -2.24. The Bertz CT molecular complexity index is 1400. The Kier molecular flexibility index (Phi) is 20.9. The van der Waals surface area contributed by atoms with Gasteiger partial charge in [-0.15, -0.1) is 0 Å². The summed E-state index contributed by atoms with van der Waals surface area (Å²) in [6.07, 6.45) is 7.35. The highest BCUT2D eigenvalue weighted by Gasteiger charge is 2.31. The maximum atomic E-state index is 13.8. The van der Waals surface area contributed by atoms with Gasteiger partial charge in [0, 0.05) is 36.5 Å². The lowest BCUT2D eigenvalue weighted by molar-refractivity contribution is -0.132. The van der Waals surface area contributed by atoms with E-state index in [1.165, 1.54) is 11.8 Å². The maximum Gasteiger partial charge on any atom is 0.239 e. The second-order valence-electron chi connectivity index (χ2n) is 12.9. The van der Waals surface area contributed by atoms with Crippen molar-refractivity contribution in [2.24, 2.45) is 17.4 Å². The van der Waals surface area contributed by atoms with Crippen LogP contribution in [0.1, 0.15) is 99.5 Å². The van der Waals surface area contributed by atoms with Crippen molar-refractivity contribution in [1.29, 1.82) is 0 Å². The standard InChI is InChI=1S/C39H57N5O6S/c1-4-27-19-21-29(22-20-27)36(47)37(48)33(17-12-13-23-40)42-39(50)34(24-28-14-8-6-9-15-28)43-44-38(49)30(25-31(45)5-2)16-10-7-11-18-35(46)32(41)26-51-3/h6,8-9,14-15,19-22,30,32-34,43H,4-5,7,10-13,16-18,23-26,40-41H2,1-3H3,(H,42,50)(H,44,49)/t30?,32?,33-,34-/m0/s1. The van der Waals surface area contributed by atoms with Gasteiger partial charge in [0.1, 0.15) is 17.6 Å². The Morgan fingerprint density at radius 3 is 2.10 bits per heavy atom. The van der Waals surface area contributed by atoms with Gasteiger partial charge in [-0.1, -0.05) is 81.3 Å². The summed E-state index contributed by atoms with van der Waals surface area (Å²) in [5, 5.41) is 2.78. The molecule has 0 spiro atoms. The van der Waals surface area contributed by atoms with Crippen LogP contribution >= 0.6 is 11.8 Å². The van der Waals surface area contributed by atoms with Gasteiger partial charge in [0.15, 0.2) is 0 Å². The van der Waals surface area contributed by atoms with Crippen molar-refractivity contribution < 1.29 is 28.8 Å². The number of hydrogen-bond acceptors (Lipinski definition) is 10. The fourth-order valence-electron chi connectivity index (χ4n) is 5.62. The number of hydrazine groups is 1. The first-order valence-electron chi connectivity index (χ1n) is 18.1. The van der Waals surface area contributed by atoms with Crippen LogP contribution in [-0.4, -0.2) is 71.6 Å². The van der Waals surface area contributed by atoms with Crippen LogP contribution in [0.3, 0.4) is 0 Å². The van der Waals surface area contributed by atoms with E-state index >= 15 is 0 Å². The van der Waals surface area contributed by atoms with Crippen molar-refractivity contribution >= 4 is 46.7 Å². The first-order valence-corrected chi connectivity index (χ1v) is 19.5. The average Bonchev–Trinajstić information content (AvgIpc) is 3.14. The van der Waals surface area contributed by atoms with Crippen molar-refractivity contribution in [3.63, 3.8) is 0 Å². The third kappa shape index (κ3) is 16.0. The molecule has 7 N–H and O–H groups in total. The van der Waals surface area contributed by atoms with Gasteiger partial charge in [0.2, 0.25) is 23.4 Å². The Balaban J connectivity index is 2.17. The van der Waals surface area contributed by atoms with E-state index in [1.807, 2.05) is 43.5 Å². The van der Waals surface area contributed by atoms with Crippen LogP contribution in [0.2, 0.25) is 0 Å². The van der Waals surface area contributed by atoms with E-state index in [9.17, 15) is 28.8 Å². The molecule has 12 heteroatoms. The molecule has 0 aliphatic carbocycles. The molecule has 0 aromatic heterocycles. The van der Waals surface area contributed by atoms with Crippen molar-refractivity contribution in [2.45, 2.75) is 109 Å². The minimum Gasteiger partial charge on any atom is -0.344 e. The minimum absolute atomic E-state index is 0.0186. The number of ketones is 4. The number of unbranched alkanes of at least 4 members (excludes halogenated alkanes) is 3. The molecule has 0 bridgehead atoms. The summed E-state index contributed by atoms with van der Waals surface area (Å²) < 4.78 is 0. The van der Waals surface area contributed by atoms with E-state index in [2.05, 4.69) is 16.2 Å². The quantitative estimate of drug-likeness (QED) is 0.0389. The summed E-state index contributed by atoms with van der Waals surface area (Å²) in [6.45, 7) is 4.14. The molecule has 0 fully saturated rings. The summed E-state index contributed by atoms with van der Waals surface area (Å²) in [6, 6.07) is 13.5. The van der Waals surface area contributed by atoms with Crippen LogP contribution in [0, 0.1) is 5.92 Å². The van der Waals surface area contributed by atoms with Gasteiger partial charge in [-0.25, -0.2) is 5.43 Å². The van der Waals surface area contributed by atoms with Gasteiger partial charge in [0.05, 0.1) is 12.1 Å². The number of carbonyl (C=O) groups excluding carboxylic acids is 6. The molecule has 0 saturated carbocycles. The van der Waals surface area contributed by atoms with E-state index < -0.39 is 47.4 Å². The average molecular weight is 724 g/mol. The van der Waals surface area contributed by atoms with Crippen LogP contribution in [0.5, 0.6) is 0 Å². The molecule has 2 aromatic carbocycles. The predicted octanol–water partition coefficient (Wildman–Crippen LogP) is 4.04. The predicted molar refractivity (Wildman–Crippen MR) is 203 cm³/mol. The zero-order valence-corrected chi connectivity index (χ0v) is 31.2. The molecule has 11 nitrogen and oxygen atoms in total. The van der Waals surface area contributed by atoms with Crippen molar-refractivity contribution in [3.8, 4) is 0 Å². The van der Waals surface area contributed by atoms with Crippen LogP contribution < -0.4 is 27.6 Å². The molecule has 0 saturated heterocycles. The van der Waals surface area contributed by atoms with Gasteiger partial charge < -0.3 is 16.8 Å². The molecule has 2 aromatic rings. The van der Waals surface area contributed by atoms with Crippen LogP contribution in [0.15, 0.2) is 54.6 Å². The van der Waals surface area contributed by atoms with Crippen molar-refractivity contribution in [3.05, 3.63) is 71.3 Å². The Morgan fingerprint density at radius 2 is 1.47 bits per heavy atom. The molecule has 0 aliphatic rings. The molecule has 2 amide bonds. The number of rotatable bonds is 27. The highest BCUT2D eigenvalue weighted by atomic mass is 32.2. The minimum atomic E-state index is -1.09. The largest absolute Gasteiger partial charge is 0.344 e. The van der Waals surface area contributed by atoms with E-state index in [-0.39, 0.29) is 36.4 Å². The summed E-state index contributed by atoms with van der Waals surface area (Å²) in [7, 11) is 0. The second-order valence-corrected chi connectivity index (χ2v) is 13.8. The number of carbonyl (C=O) groups is 6. The van der Waals surface area contributed by atoms with Crippen molar-refractivity contribution in [1.82, 2.24) is 16.2 Å². The zero-order valence-electron chi connectivity index (χ0n) is 30.4. The molecule has 0 heterocycles. The van der Waals surface area contributed by atoms with Gasteiger partial charge in [-0.05, 0) is 68.9 Å². The lowest BCUT2D eigenvalue weighted by Crippen LogP contribution is -2.57. The van der Waals surface area contributed by atoms with Crippen molar-refractivity contribution in [2.75, 3.05) is 18.6 Å². The van der Waals surface area contributed by atoms with Gasteiger partial charge >= 0.3 is 0 Å². The van der Waals surface area contributed by atoms with E-state index in [0.717, 1.165) is 17.5 Å². The smallest absolute Gasteiger partial charge is 0.239 e. The zero-order chi connectivity index (χ0) is 37.6. The maximum absolute atomic E-state index is 13.8. The van der Waals surface area contributed by atoms with Gasteiger partial charge in [0.25, 0.3) is 0 Å². The molecule has 0 aliphatic heterocycles. The fraction of sp³-hybridized carbons (Fsp3) is 0.538. The summed E-state index contributed by atoms with van der Waals surface area (Å²) >= 11 is 1.53. The highest BCUT2D eigenvalue weighted by Crippen LogP contribution is 2.17.